The van der Waals surface area contributed by atoms with E-state index in [1.54, 1.807) is 0 Å². The van der Waals surface area contributed by atoms with Crippen LogP contribution in [0.25, 0.3) is 5.69 Å². The predicted octanol–water partition coefficient (Wildman–Crippen LogP) is 1.50. The molecule has 0 aliphatic heterocycles. The van der Waals surface area contributed by atoms with Crippen molar-refractivity contribution in [1.29, 1.82) is 0 Å². The summed E-state index contributed by atoms with van der Waals surface area (Å²) in [6, 6.07) is 5.54. The van der Waals surface area contributed by atoms with Gasteiger partial charge >= 0.3 is 0 Å². The van der Waals surface area contributed by atoms with Crippen LogP contribution < -0.4 is 5.73 Å². The van der Waals surface area contributed by atoms with Crippen molar-refractivity contribution in [2.75, 3.05) is 5.73 Å². The van der Waals surface area contributed by atoms with Crippen molar-refractivity contribution < 1.29 is 0 Å². The molecule has 0 unspecified atom stereocenters. The standard InChI is InChI=1S/C7H5ClIN5/c8-5-3-4(9)1-2-6(5)14-7(10)11-12-13-14/h1-3H,(H2,10,11,13). The molecule has 0 saturated carbocycles. The van der Waals surface area contributed by atoms with E-state index in [-0.39, 0.29) is 5.95 Å². The first-order chi connectivity index (χ1) is 6.68. The molecule has 0 radical (unpaired) electrons. The summed E-state index contributed by atoms with van der Waals surface area (Å²) in [4.78, 5) is 0. The third-order valence-electron chi connectivity index (χ3n) is 1.63. The van der Waals surface area contributed by atoms with Crippen molar-refractivity contribution in [3.63, 3.8) is 0 Å². The second-order valence-electron chi connectivity index (χ2n) is 2.54. The van der Waals surface area contributed by atoms with Crippen LogP contribution in [0.4, 0.5) is 5.95 Å². The fourth-order valence-corrected chi connectivity index (χ4v) is 1.95. The topological polar surface area (TPSA) is 69.6 Å². The fourth-order valence-electron chi connectivity index (χ4n) is 1.02. The summed E-state index contributed by atoms with van der Waals surface area (Å²) in [5, 5.41) is 11.3. The summed E-state index contributed by atoms with van der Waals surface area (Å²) in [5.74, 6) is 0.216. The van der Waals surface area contributed by atoms with Crippen molar-refractivity contribution in [3.8, 4) is 5.69 Å². The zero-order chi connectivity index (χ0) is 10.1. The Balaban J connectivity index is 2.58. The molecule has 0 saturated heterocycles. The summed E-state index contributed by atoms with van der Waals surface area (Å²) < 4.78 is 2.43. The number of nitrogens with two attached hydrogens (primary N) is 1. The van der Waals surface area contributed by atoms with Gasteiger partial charge in [0.2, 0.25) is 5.95 Å². The van der Waals surface area contributed by atoms with E-state index < -0.39 is 0 Å². The van der Waals surface area contributed by atoms with E-state index in [0.717, 1.165) is 3.57 Å². The van der Waals surface area contributed by atoms with E-state index in [1.165, 1.54) is 4.68 Å². The van der Waals surface area contributed by atoms with Crippen LogP contribution in [-0.2, 0) is 0 Å². The molecule has 0 amide bonds. The van der Waals surface area contributed by atoms with E-state index in [2.05, 4.69) is 38.1 Å². The van der Waals surface area contributed by atoms with Crippen LogP contribution in [0.2, 0.25) is 5.02 Å². The number of aromatic nitrogens is 4. The lowest BCUT2D eigenvalue weighted by molar-refractivity contribution is 0.792. The van der Waals surface area contributed by atoms with Crippen LogP contribution in [0.3, 0.4) is 0 Å². The lowest BCUT2D eigenvalue weighted by Crippen LogP contribution is -2.03. The third-order valence-corrected chi connectivity index (χ3v) is 2.61. The molecule has 0 aliphatic carbocycles. The molecule has 0 bridgehead atoms. The largest absolute Gasteiger partial charge is 0.366 e. The van der Waals surface area contributed by atoms with E-state index in [4.69, 9.17) is 17.3 Å². The number of tetrazole rings is 1. The molecule has 0 atom stereocenters. The van der Waals surface area contributed by atoms with Gasteiger partial charge in [0.15, 0.2) is 0 Å². The van der Waals surface area contributed by atoms with Crippen LogP contribution in [0.1, 0.15) is 0 Å². The van der Waals surface area contributed by atoms with Crippen LogP contribution in [-0.4, -0.2) is 20.2 Å². The highest BCUT2D eigenvalue weighted by Crippen LogP contribution is 2.22. The van der Waals surface area contributed by atoms with Gasteiger partial charge in [0.25, 0.3) is 0 Å². The van der Waals surface area contributed by atoms with Gasteiger partial charge in [-0.15, -0.1) is 0 Å². The van der Waals surface area contributed by atoms with Crippen LogP contribution in [0, 0.1) is 3.57 Å². The Morgan fingerprint density at radius 3 is 2.79 bits per heavy atom. The Hall–Kier alpha value is -0.890. The number of anilines is 1. The highest BCUT2D eigenvalue weighted by Gasteiger charge is 2.08. The summed E-state index contributed by atoms with van der Waals surface area (Å²) in [5.41, 5.74) is 6.22. The first kappa shape index (κ1) is 9.66. The summed E-state index contributed by atoms with van der Waals surface area (Å²) in [7, 11) is 0. The summed E-state index contributed by atoms with van der Waals surface area (Å²) in [6.45, 7) is 0. The molecule has 0 spiro atoms. The first-order valence-corrected chi connectivity index (χ1v) is 5.13. The highest BCUT2D eigenvalue weighted by molar-refractivity contribution is 14.1. The van der Waals surface area contributed by atoms with Gasteiger partial charge in [0.1, 0.15) is 0 Å². The van der Waals surface area contributed by atoms with Gasteiger partial charge in [-0.05, 0) is 51.2 Å². The van der Waals surface area contributed by atoms with Crippen molar-refractivity contribution in [1.82, 2.24) is 20.2 Å². The number of nitrogen functional groups attached to an aromatic ring is 1. The van der Waals surface area contributed by atoms with E-state index in [9.17, 15) is 0 Å². The normalized spacial score (nSPS) is 10.4. The number of hydrogen-bond acceptors (Lipinski definition) is 4. The molecule has 72 valence electrons. The van der Waals surface area contributed by atoms with Gasteiger partial charge in [-0.2, -0.15) is 4.68 Å². The van der Waals surface area contributed by atoms with E-state index in [1.807, 2.05) is 18.2 Å². The Morgan fingerprint density at radius 2 is 2.21 bits per heavy atom. The molecule has 2 N–H and O–H groups in total. The second-order valence-corrected chi connectivity index (χ2v) is 4.20. The fraction of sp³-hybridized carbons (Fsp3) is 0. The minimum atomic E-state index is 0.216. The molecule has 1 aromatic heterocycles. The molecule has 0 aliphatic rings. The average molecular weight is 322 g/mol. The Morgan fingerprint density at radius 1 is 1.43 bits per heavy atom. The summed E-state index contributed by atoms with van der Waals surface area (Å²) in [6.07, 6.45) is 0. The molecule has 1 aromatic carbocycles. The average Bonchev–Trinajstić information content (AvgIpc) is 2.52. The quantitative estimate of drug-likeness (QED) is 0.808. The number of nitrogens with zero attached hydrogens (tertiary/aromatic N) is 4. The SMILES string of the molecule is Nc1nnnn1-c1ccc(I)cc1Cl. The molecule has 2 aromatic rings. The smallest absolute Gasteiger partial charge is 0.245 e. The maximum Gasteiger partial charge on any atom is 0.245 e. The maximum absolute atomic E-state index is 6.02. The monoisotopic (exact) mass is 321 g/mol. The van der Waals surface area contributed by atoms with Gasteiger partial charge in [0, 0.05) is 3.57 Å². The first-order valence-electron chi connectivity index (χ1n) is 3.68. The molecule has 0 fully saturated rings. The van der Waals surface area contributed by atoms with Crippen molar-refractivity contribution in [2.45, 2.75) is 0 Å². The predicted molar refractivity (Wildman–Crippen MR) is 61.3 cm³/mol. The lowest BCUT2D eigenvalue weighted by Gasteiger charge is -2.03. The number of halogens is 2. The van der Waals surface area contributed by atoms with E-state index >= 15 is 0 Å². The van der Waals surface area contributed by atoms with Crippen molar-refractivity contribution in [3.05, 3.63) is 26.8 Å². The molecular weight excluding hydrogens is 316 g/mol. The van der Waals surface area contributed by atoms with Crippen LogP contribution in [0.5, 0.6) is 0 Å². The Labute approximate surface area is 98.4 Å². The Bertz CT molecular complexity index is 469. The number of hydrogen-bond donors (Lipinski definition) is 1. The third kappa shape index (κ3) is 1.67. The van der Waals surface area contributed by atoms with Gasteiger partial charge in [-0.1, -0.05) is 16.7 Å². The lowest BCUT2D eigenvalue weighted by atomic mass is 10.3. The van der Waals surface area contributed by atoms with Crippen LogP contribution in [0.15, 0.2) is 18.2 Å². The van der Waals surface area contributed by atoms with Crippen molar-refractivity contribution in [2.24, 2.45) is 0 Å². The Kier molecular flexibility index (Phi) is 2.55. The molecule has 1 heterocycles. The minimum Gasteiger partial charge on any atom is -0.366 e. The van der Waals surface area contributed by atoms with Gasteiger partial charge in [-0.25, -0.2) is 0 Å². The molecular formula is C7H5ClIN5. The van der Waals surface area contributed by atoms with E-state index in [0.29, 0.717) is 10.7 Å². The number of benzene rings is 1. The zero-order valence-electron chi connectivity index (χ0n) is 6.85. The van der Waals surface area contributed by atoms with Crippen LogP contribution >= 0.6 is 34.2 Å². The van der Waals surface area contributed by atoms with Gasteiger partial charge < -0.3 is 5.73 Å². The van der Waals surface area contributed by atoms with Gasteiger partial charge in [0.05, 0.1) is 10.7 Å². The van der Waals surface area contributed by atoms with Crippen molar-refractivity contribution >= 4 is 40.1 Å². The zero-order valence-corrected chi connectivity index (χ0v) is 9.77. The maximum atomic E-state index is 6.02. The molecule has 5 nitrogen and oxygen atoms in total. The number of rotatable bonds is 1. The van der Waals surface area contributed by atoms with Gasteiger partial charge in [-0.3, -0.25) is 0 Å². The summed E-state index contributed by atoms with van der Waals surface area (Å²) >= 11 is 8.19. The second kappa shape index (κ2) is 3.70. The molecule has 14 heavy (non-hydrogen) atoms. The molecule has 2 rings (SSSR count). The highest BCUT2D eigenvalue weighted by atomic mass is 127. The molecule has 7 heteroatoms. The minimum absolute atomic E-state index is 0.216.